The number of benzene rings is 8. The number of hydrogen-bond donors (Lipinski definition) is 5. The van der Waals surface area contributed by atoms with Gasteiger partial charge in [-0.15, -0.1) is 0 Å². The lowest BCUT2D eigenvalue weighted by atomic mass is 9.96. The molecule has 0 amide bonds. The fraction of sp³-hybridized carbons (Fsp3) is 0.380. The lowest BCUT2D eigenvalue weighted by Gasteiger charge is -2.22. The van der Waals surface area contributed by atoms with Crippen LogP contribution in [-0.4, -0.2) is 151 Å². The van der Waals surface area contributed by atoms with Crippen LogP contribution in [0, 0.1) is 20.8 Å². The first-order chi connectivity index (χ1) is 50.6. The number of nitrogens with one attached hydrogen (secondary N) is 4. The van der Waals surface area contributed by atoms with Crippen molar-refractivity contribution >= 4 is 79.6 Å². The Labute approximate surface area is 629 Å². The lowest BCUT2D eigenvalue weighted by molar-refractivity contribution is -0.137. The number of carboxylic acids is 1. The first kappa shape index (κ1) is 82.2. The van der Waals surface area contributed by atoms with Crippen LogP contribution >= 0.6 is 0 Å². The van der Waals surface area contributed by atoms with E-state index in [1.165, 1.54) is 23.3 Å². The summed E-state index contributed by atoms with van der Waals surface area (Å²) in [6.07, 6.45) is 7.69. The van der Waals surface area contributed by atoms with Crippen LogP contribution in [0.4, 0.5) is 22.7 Å². The number of rotatable bonds is 24. The van der Waals surface area contributed by atoms with Gasteiger partial charge in [0.2, 0.25) is 0 Å². The van der Waals surface area contributed by atoms with E-state index in [0.29, 0.717) is 80.7 Å². The minimum Gasteiger partial charge on any atom is -0.481 e. The molecule has 4 aliphatic heterocycles. The van der Waals surface area contributed by atoms with Crippen molar-refractivity contribution in [3.63, 3.8) is 0 Å². The Hall–Kier alpha value is -7.90. The first-order valence-corrected chi connectivity index (χ1v) is 42.7. The monoisotopic (exact) mass is 1540 g/mol. The standard InChI is InChI=1S/C22H28N2O4S.C19H24N2O4S2.2C19H24N2O3S/c1-16-12-13-18-20(15-16)29(27,28)24(2)19-10-7-6-9-17(19)22(18)23-14-8-4-3-5-11-21(25)26;1-21-17-8-5-4-7-15(17)19(20-11-6-12-25-2)16-10-9-14(26(3)22)13-18(16)27(21,23)24;2*1-14-9-10-16-18(13-14)25(22,23)21(2)17-8-5-4-7-15(17)19(16)20-11-6-12-24-3/h6-7,9-10,12-13,15,22-23H,3-5,8,11,14H2,1-2H3,(H,25,26);4-5,7-10,13,19-20H,6,11-12H2,1-3H3;2*4-5,7-10,13,19-20H,6,11-12H2,1-3H3. The quantitative estimate of drug-likeness (QED) is 0.0352. The topological polar surface area (TPSA) is 280 Å². The number of carbonyl (C=O) groups is 1. The van der Waals surface area contributed by atoms with Gasteiger partial charge >= 0.3 is 5.97 Å². The number of ether oxygens (including phenoxy) is 3. The second-order valence-corrected chi connectivity index (χ2v) is 35.7. The van der Waals surface area contributed by atoms with Gasteiger partial charge in [-0.2, -0.15) is 0 Å². The molecule has 0 bridgehead atoms. The van der Waals surface area contributed by atoms with E-state index in [2.05, 4.69) is 21.3 Å². The molecule has 8 aromatic rings. The SMILES string of the molecule is COCCCNC1c2ccccc2N(C)S(=O)(=O)c2cc(C)ccc21.COCCCNC1c2ccccc2N(C)S(=O)(=O)c2cc(C)ccc21.COCCCNC1c2ccccc2N(C)S(=O)(=O)c2cc(S(C)=O)ccc21.Cc1ccc2c(c1)S(=O)(=O)N(C)c1ccccc1C2NCCCCCCC(=O)O. The summed E-state index contributed by atoms with van der Waals surface area (Å²) in [6, 6.07) is 51.5. The zero-order chi connectivity index (χ0) is 76.7. The summed E-state index contributed by atoms with van der Waals surface area (Å²) < 4.78 is 138. The lowest BCUT2D eigenvalue weighted by Crippen LogP contribution is -2.26. The molecular weight excluding hydrogens is 1450 g/mol. The van der Waals surface area contributed by atoms with Gasteiger partial charge in [0.05, 0.1) is 66.5 Å². The van der Waals surface area contributed by atoms with E-state index >= 15 is 0 Å². The van der Waals surface area contributed by atoms with Crippen molar-refractivity contribution in [2.75, 3.05) is 119 Å². The van der Waals surface area contributed by atoms with E-state index in [4.69, 9.17) is 19.3 Å². The molecule has 0 aromatic heterocycles. The zero-order valence-electron chi connectivity index (χ0n) is 62.2. The number of fused-ring (bicyclic) bond motifs is 8. The summed E-state index contributed by atoms with van der Waals surface area (Å²) in [6.45, 7) is 10.6. The summed E-state index contributed by atoms with van der Waals surface area (Å²) in [7, 11) is -4.44. The van der Waals surface area contributed by atoms with Crippen molar-refractivity contribution < 1.29 is 62.0 Å². The Morgan fingerprint density at radius 2 is 0.642 bits per heavy atom. The number of aryl methyl sites for hydroxylation is 3. The smallest absolute Gasteiger partial charge is 0.303 e. The average molecular weight is 1550 g/mol. The molecular formula is C79H100N8O14S5. The Morgan fingerprint density at radius 3 is 0.925 bits per heavy atom. The highest BCUT2D eigenvalue weighted by molar-refractivity contribution is 7.94. The molecule has 4 aliphatic rings. The fourth-order valence-electron chi connectivity index (χ4n) is 13.6. The third-order valence-electron chi connectivity index (χ3n) is 19.3. The number of methoxy groups -OCH3 is 3. The van der Waals surface area contributed by atoms with Crippen LogP contribution in [-0.2, 0) is 69.9 Å². The van der Waals surface area contributed by atoms with Crippen LogP contribution in [0.25, 0.3) is 0 Å². The summed E-state index contributed by atoms with van der Waals surface area (Å²) >= 11 is 0. The molecule has 4 heterocycles. The molecule has 5 N–H and O–H groups in total. The molecule has 0 radical (unpaired) electrons. The van der Waals surface area contributed by atoms with Gasteiger partial charge in [0.1, 0.15) is 0 Å². The number of para-hydroxylation sites is 4. The van der Waals surface area contributed by atoms with Crippen LogP contribution in [0.5, 0.6) is 0 Å². The minimum absolute atomic E-state index is 0.177. The van der Waals surface area contributed by atoms with Crippen molar-refractivity contribution in [2.24, 2.45) is 0 Å². The number of aliphatic carboxylic acids is 1. The highest BCUT2D eigenvalue weighted by Gasteiger charge is 2.39. The van der Waals surface area contributed by atoms with Crippen molar-refractivity contribution in [2.45, 2.75) is 121 Å². The molecule has 5 atom stereocenters. The molecule has 8 aromatic carbocycles. The first-order valence-electron chi connectivity index (χ1n) is 35.4. The summed E-state index contributed by atoms with van der Waals surface area (Å²) in [4.78, 5) is 12.4. The second kappa shape index (κ2) is 36.8. The van der Waals surface area contributed by atoms with Gasteiger partial charge in [0.15, 0.2) is 0 Å². The number of carboxylic acid groups (broad SMARTS) is 1. The van der Waals surface area contributed by atoms with Crippen molar-refractivity contribution in [3.8, 4) is 0 Å². The largest absolute Gasteiger partial charge is 0.481 e. The van der Waals surface area contributed by atoms with E-state index in [-0.39, 0.29) is 35.5 Å². The van der Waals surface area contributed by atoms with Gasteiger partial charge in [-0.3, -0.25) is 26.2 Å². The Bertz CT molecular complexity index is 4750. The normalized spacial score (nSPS) is 18.3. The van der Waals surface area contributed by atoms with E-state index < -0.39 is 56.9 Å². The number of hydrogen-bond acceptors (Lipinski definition) is 17. The zero-order valence-corrected chi connectivity index (χ0v) is 66.2. The van der Waals surface area contributed by atoms with Crippen molar-refractivity contribution in [3.05, 3.63) is 231 Å². The molecule has 22 nitrogen and oxygen atoms in total. The Kier molecular flexibility index (Phi) is 28.5. The number of sulfonamides is 4. The molecule has 5 unspecified atom stereocenters. The van der Waals surface area contributed by atoms with E-state index in [9.17, 15) is 42.7 Å². The van der Waals surface area contributed by atoms with Crippen LogP contribution in [0.2, 0.25) is 0 Å². The minimum atomic E-state index is -3.76. The highest BCUT2D eigenvalue weighted by atomic mass is 32.2. The molecule has 570 valence electrons. The van der Waals surface area contributed by atoms with Crippen LogP contribution in [0.15, 0.2) is 194 Å². The summed E-state index contributed by atoms with van der Waals surface area (Å²) in [5.41, 5.74) is 12.3. The molecule has 12 rings (SSSR count). The molecule has 0 fully saturated rings. The Morgan fingerprint density at radius 1 is 0.377 bits per heavy atom. The van der Waals surface area contributed by atoms with Gasteiger partial charge in [-0.1, -0.05) is 128 Å². The van der Waals surface area contributed by atoms with Gasteiger partial charge in [0, 0.05) is 97.7 Å². The summed E-state index contributed by atoms with van der Waals surface area (Å²) in [5.74, 6) is -0.754. The van der Waals surface area contributed by atoms with Crippen molar-refractivity contribution in [1.29, 1.82) is 0 Å². The molecule has 0 saturated carbocycles. The molecule has 0 spiro atoms. The Balaban J connectivity index is 0.000000164. The number of unbranched alkanes of at least 4 members (excludes halogenated alkanes) is 3. The van der Waals surface area contributed by atoms with E-state index in [0.717, 1.165) is 114 Å². The van der Waals surface area contributed by atoms with Gasteiger partial charge < -0.3 is 40.6 Å². The predicted molar refractivity (Wildman–Crippen MR) is 420 cm³/mol. The maximum Gasteiger partial charge on any atom is 0.303 e. The number of nitrogens with zero attached hydrogens (tertiary/aromatic N) is 4. The van der Waals surface area contributed by atoms with Gasteiger partial charge in [0.25, 0.3) is 40.1 Å². The number of anilines is 4. The van der Waals surface area contributed by atoms with Gasteiger partial charge in [-0.25, -0.2) is 33.7 Å². The maximum atomic E-state index is 13.3. The van der Waals surface area contributed by atoms with E-state index in [1.807, 2.05) is 154 Å². The van der Waals surface area contributed by atoms with Crippen LogP contribution in [0.1, 0.15) is 137 Å². The molecule has 0 saturated heterocycles. The molecule has 0 aliphatic carbocycles. The third-order valence-corrected chi connectivity index (χ3v) is 27.5. The van der Waals surface area contributed by atoms with Crippen molar-refractivity contribution in [1.82, 2.24) is 21.3 Å². The van der Waals surface area contributed by atoms with Crippen LogP contribution < -0.4 is 38.5 Å². The fourth-order valence-corrected chi connectivity index (χ4v) is 20.3. The molecule has 27 heteroatoms. The third kappa shape index (κ3) is 18.6. The van der Waals surface area contributed by atoms with Crippen LogP contribution in [0.3, 0.4) is 0 Å². The molecule has 106 heavy (non-hydrogen) atoms. The second-order valence-electron chi connectivity index (χ2n) is 26.5. The van der Waals surface area contributed by atoms with E-state index in [1.54, 1.807) is 86.1 Å². The highest BCUT2D eigenvalue weighted by Crippen LogP contribution is 2.45. The van der Waals surface area contributed by atoms with Gasteiger partial charge in [-0.05, 0) is 195 Å². The predicted octanol–water partition coefficient (Wildman–Crippen LogP) is 11.8. The summed E-state index contributed by atoms with van der Waals surface area (Å²) in [5, 5.41) is 22.8. The maximum absolute atomic E-state index is 13.3. The average Bonchev–Trinajstić information content (AvgIpc) is 1.62.